The van der Waals surface area contributed by atoms with E-state index in [1.807, 2.05) is 18.2 Å². The Kier molecular flexibility index (Phi) is 4.66. The fraction of sp³-hybridized carbons (Fsp3) is 0.267. The van der Waals surface area contributed by atoms with E-state index in [1.54, 1.807) is 6.20 Å². The van der Waals surface area contributed by atoms with E-state index < -0.39 is 0 Å². The Balaban J connectivity index is 2.22. The van der Waals surface area contributed by atoms with E-state index in [-0.39, 0.29) is 11.9 Å². The second kappa shape index (κ2) is 6.26. The molecule has 0 aliphatic heterocycles. The van der Waals surface area contributed by atoms with Crippen LogP contribution in [0, 0.1) is 5.82 Å². The maximum Gasteiger partial charge on any atom is 0.124 e. The second-order valence-corrected chi connectivity index (χ2v) is 5.41. The van der Waals surface area contributed by atoms with Crippen LogP contribution in [0.5, 0.6) is 0 Å². The van der Waals surface area contributed by atoms with Crippen molar-refractivity contribution in [1.82, 2.24) is 4.98 Å². The van der Waals surface area contributed by atoms with E-state index in [0.717, 1.165) is 27.7 Å². The summed E-state index contributed by atoms with van der Waals surface area (Å²) in [5, 5.41) is 0. The fourth-order valence-corrected chi connectivity index (χ4v) is 2.68. The first-order chi connectivity index (χ1) is 9.10. The Morgan fingerprint density at radius 3 is 2.84 bits per heavy atom. The molecule has 0 saturated heterocycles. The van der Waals surface area contributed by atoms with E-state index in [2.05, 4.69) is 27.8 Å². The van der Waals surface area contributed by atoms with E-state index in [1.165, 1.54) is 12.1 Å². The molecule has 0 saturated carbocycles. The lowest BCUT2D eigenvalue weighted by molar-refractivity contribution is 0.619. The van der Waals surface area contributed by atoms with Gasteiger partial charge in [0.1, 0.15) is 5.82 Å². The van der Waals surface area contributed by atoms with E-state index in [4.69, 9.17) is 5.73 Å². The zero-order valence-corrected chi connectivity index (χ0v) is 12.3. The minimum Gasteiger partial charge on any atom is -0.322 e. The van der Waals surface area contributed by atoms with Gasteiger partial charge in [0.05, 0.1) is 11.7 Å². The van der Waals surface area contributed by atoms with Crippen molar-refractivity contribution >= 4 is 15.9 Å². The lowest BCUT2D eigenvalue weighted by atomic mass is 9.99. The third kappa shape index (κ3) is 3.61. The molecule has 0 fully saturated rings. The lowest BCUT2D eigenvalue weighted by Crippen LogP contribution is -2.17. The highest BCUT2D eigenvalue weighted by Crippen LogP contribution is 2.21. The third-order valence-electron chi connectivity index (χ3n) is 3.04. The van der Waals surface area contributed by atoms with Gasteiger partial charge in [0.15, 0.2) is 0 Å². The van der Waals surface area contributed by atoms with Crippen LogP contribution in [0.1, 0.15) is 29.8 Å². The molecule has 0 radical (unpaired) electrons. The highest BCUT2D eigenvalue weighted by Gasteiger charge is 2.13. The summed E-state index contributed by atoms with van der Waals surface area (Å²) in [4.78, 5) is 4.36. The summed E-state index contributed by atoms with van der Waals surface area (Å²) in [5.41, 5.74) is 9.11. The summed E-state index contributed by atoms with van der Waals surface area (Å²) >= 11 is 3.29. The predicted molar refractivity (Wildman–Crippen MR) is 78.3 cm³/mol. The molecule has 0 bridgehead atoms. The number of nitrogens with two attached hydrogens (primary N) is 1. The molecule has 1 heterocycles. The van der Waals surface area contributed by atoms with E-state index in [0.29, 0.717) is 6.42 Å². The maximum atomic E-state index is 13.3. The zero-order valence-electron chi connectivity index (χ0n) is 10.7. The van der Waals surface area contributed by atoms with Gasteiger partial charge < -0.3 is 5.73 Å². The Labute approximate surface area is 121 Å². The molecule has 0 aliphatic rings. The van der Waals surface area contributed by atoms with Gasteiger partial charge in [-0.15, -0.1) is 0 Å². The molecule has 4 heteroatoms. The molecule has 0 spiro atoms. The summed E-state index contributed by atoms with van der Waals surface area (Å²) in [6, 6.07) is 8.56. The zero-order chi connectivity index (χ0) is 13.8. The largest absolute Gasteiger partial charge is 0.322 e. The van der Waals surface area contributed by atoms with Crippen molar-refractivity contribution in [2.75, 3.05) is 0 Å². The van der Waals surface area contributed by atoms with Gasteiger partial charge in [-0.1, -0.05) is 28.9 Å². The molecule has 19 heavy (non-hydrogen) atoms. The van der Waals surface area contributed by atoms with Gasteiger partial charge in [0, 0.05) is 10.7 Å². The van der Waals surface area contributed by atoms with Gasteiger partial charge in [-0.05, 0) is 48.2 Å². The molecule has 2 aromatic rings. The van der Waals surface area contributed by atoms with Crippen molar-refractivity contribution in [2.45, 2.75) is 25.8 Å². The highest BCUT2D eigenvalue weighted by atomic mass is 79.9. The van der Waals surface area contributed by atoms with Crippen LogP contribution in [0.25, 0.3) is 0 Å². The average molecular weight is 323 g/mol. The second-order valence-electron chi connectivity index (χ2n) is 4.49. The number of aryl methyl sites for hydroxylation is 1. The Bertz CT molecular complexity index is 552. The van der Waals surface area contributed by atoms with Crippen LogP contribution in [-0.4, -0.2) is 4.98 Å². The quantitative estimate of drug-likeness (QED) is 0.930. The molecule has 2 N–H and O–H groups in total. The van der Waals surface area contributed by atoms with Gasteiger partial charge in [0.2, 0.25) is 0 Å². The van der Waals surface area contributed by atoms with Crippen LogP contribution in [0.4, 0.5) is 4.39 Å². The minimum atomic E-state index is -0.256. The number of aromatic nitrogens is 1. The van der Waals surface area contributed by atoms with Crippen LogP contribution in [0.3, 0.4) is 0 Å². The van der Waals surface area contributed by atoms with Crippen LogP contribution in [-0.2, 0) is 12.8 Å². The van der Waals surface area contributed by atoms with Gasteiger partial charge in [-0.25, -0.2) is 4.39 Å². The molecular formula is C15H16BrFN2. The molecule has 1 atom stereocenters. The normalized spacial score (nSPS) is 12.4. The van der Waals surface area contributed by atoms with E-state index in [9.17, 15) is 4.39 Å². The standard InChI is InChI=1S/C15H16BrFN2/c1-2-11-4-3-5-19-15(11)14(18)8-10-6-12(16)9-13(17)7-10/h3-7,9,14H,2,8,18H2,1H3. The molecule has 2 rings (SSSR count). The SMILES string of the molecule is CCc1cccnc1C(N)Cc1cc(F)cc(Br)c1. The summed E-state index contributed by atoms with van der Waals surface area (Å²) in [5.74, 6) is -0.256. The summed E-state index contributed by atoms with van der Waals surface area (Å²) < 4.78 is 14.1. The lowest BCUT2D eigenvalue weighted by Gasteiger charge is -2.15. The summed E-state index contributed by atoms with van der Waals surface area (Å²) in [6.07, 6.45) is 3.21. The molecule has 0 amide bonds. The first-order valence-corrected chi connectivity index (χ1v) is 7.03. The molecule has 0 aliphatic carbocycles. The van der Waals surface area contributed by atoms with Gasteiger partial charge >= 0.3 is 0 Å². The smallest absolute Gasteiger partial charge is 0.124 e. The predicted octanol–water partition coefficient (Wildman–Crippen LogP) is 3.79. The van der Waals surface area contributed by atoms with Gasteiger partial charge in [-0.2, -0.15) is 0 Å². The number of nitrogens with zero attached hydrogens (tertiary/aromatic N) is 1. The molecular weight excluding hydrogens is 307 g/mol. The number of rotatable bonds is 4. The maximum absolute atomic E-state index is 13.3. The van der Waals surface area contributed by atoms with Crippen LogP contribution in [0.2, 0.25) is 0 Å². The molecule has 1 aromatic heterocycles. The first-order valence-electron chi connectivity index (χ1n) is 6.24. The fourth-order valence-electron chi connectivity index (χ4n) is 2.16. The molecule has 2 nitrogen and oxygen atoms in total. The average Bonchev–Trinajstić information content (AvgIpc) is 2.37. The van der Waals surface area contributed by atoms with Crippen LogP contribution < -0.4 is 5.73 Å². The highest BCUT2D eigenvalue weighted by molar-refractivity contribution is 9.10. The topological polar surface area (TPSA) is 38.9 Å². The number of halogens is 2. The van der Waals surface area contributed by atoms with Crippen molar-refractivity contribution in [3.8, 4) is 0 Å². The van der Waals surface area contributed by atoms with Crippen LogP contribution >= 0.6 is 15.9 Å². The van der Waals surface area contributed by atoms with E-state index >= 15 is 0 Å². The summed E-state index contributed by atoms with van der Waals surface area (Å²) in [7, 11) is 0. The van der Waals surface area contributed by atoms with Crippen molar-refractivity contribution in [3.05, 3.63) is 63.6 Å². The Morgan fingerprint density at radius 2 is 2.16 bits per heavy atom. The van der Waals surface area contributed by atoms with Crippen molar-refractivity contribution in [1.29, 1.82) is 0 Å². The van der Waals surface area contributed by atoms with Crippen molar-refractivity contribution < 1.29 is 4.39 Å². The molecule has 1 aromatic carbocycles. The van der Waals surface area contributed by atoms with Crippen LogP contribution in [0.15, 0.2) is 41.0 Å². The number of benzene rings is 1. The van der Waals surface area contributed by atoms with Gasteiger partial charge in [-0.3, -0.25) is 4.98 Å². The monoisotopic (exact) mass is 322 g/mol. The Morgan fingerprint density at radius 1 is 1.37 bits per heavy atom. The molecule has 100 valence electrons. The number of hydrogen-bond acceptors (Lipinski definition) is 2. The minimum absolute atomic E-state index is 0.218. The molecule has 1 unspecified atom stereocenters. The summed E-state index contributed by atoms with van der Waals surface area (Å²) in [6.45, 7) is 2.08. The van der Waals surface area contributed by atoms with Crippen molar-refractivity contribution in [2.24, 2.45) is 5.73 Å². The first kappa shape index (κ1) is 14.2. The third-order valence-corrected chi connectivity index (χ3v) is 3.49. The number of pyridine rings is 1. The van der Waals surface area contributed by atoms with Gasteiger partial charge in [0.25, 0.3) is 0 Å². The van der Waals surface area contributed by atoms with Crippen molar-refractivity contribution in [3.63, 3.8) is 0 Å². The number of hydrogen-bond donors (Lipinski definition) is 1. The Hall–Kier alpha value is -1.26.